The van der Waals surface area contributed by atoms with E-state index in [1.807, 2.05) is 30.3 Å². The summed E-state index contributed by atoms with van der Waals surface area (Å²) in [6.07, 6.45) is -0.676. The molecule has 0 radical (unpaired) electrons. The molecule has 2 atom stereocenters. The van der Waals surface area contributed by atoms with E-state index in [1.54, 1.807) is 27.7 Å². The zero-order valence-electron chi connectivity index (χ0n) is 15.4. The summed E-state index contributed by atoms with van der Waals surface area (Å²) < 4.78 is 10.2. The molecule has 1 fully saturated rings. The summed E-state index contributed by atoms with van der Waals surface area (Å²) in [5.41, 5.74) is 0.203. The minimum Gasteiger partial charge on any atom is -0.459 e. The van der Waals surface area contributed by atoms with Crippen LogP contribution in [0.25, 0.3) is 0 Å². The minimum absolute atomic E-state index is 0.134. The standard InChI is InChI=1S/C18H24N2O6/c1-12-15(19-17(23)26-18(2,3)4)16(22)20(12)25-11-14(21)24-10-13-8-6-5-7-9-13/h5-9,12,15H,10-11H2,1-4H3,(H,19,23)/t12-,15-/m0/s1. The Hall–Kier alpha value is -2.61. The summed E-state index contributed by atoms with van der Waals surface area (Å²) in [6, 6.07) is 8.06. The molecule has 0 spiro atoms. The summed E-state index contributed by atoms with van der Waals surface area (Å²) in [5, 5.41) is 3.54. The first kappa shape index (κ1) is 19.7. The predicted octanol–water partition coefficient (Wildman–Crippen LogP) is 1.79. The number of rotatable bonds is 6. The molecule has 1 aliphatic rings. The van der Waals surface area contributed by atoms with Crippen molar-refractivity contribution < 1.29 is 28.7 Å². The fourth-order valence-electron chi connectivity index (χ4n) is 2.30. The number of β-lactam (4-membered cyclic amide) rings is 1. The SMILES string of the molecule is C[C@H]1[C@H](NC(=O)OC(C)(C)C)C(=O)N1OCC(=O)OCc1ccccc1. The van der Waals surface area contributed by atoms with E-state index in [-0.39, 0.29) is 13.2 Å². The lowest BCUT2D eigenvalue weighted by Gasteiger charge is -2.43. The molecular formula is C18H24N2O6. The van der Waals surface area contributed by atoms with Gasteiger partial charge in [0.15, 0.2) is 6.61 Å². The maximum absolute atomic E-state index is 12.0. The minimum atomic E-state index is -0.745. The number of hydrogen-bond donors (Lipinski definition) is 1. The first-order valence-corrected chi connectivity index (χ1v) is 8.32. The summed E-state index contributed by atoms with van der Waals surface area (Å²) in [6.45, 7) is 6.63. The summed E-state index contributed by atoms with van der Waals surface area (Å²) in [7, 11) is 0. The Morgan fingerprint density at radius 1 is 1.19 bits per heavy atom. The molecule has 2 rings (SSSR count). The van der Waals surface area contributed by atoms with Gasteiger partial charge < -0.3 is 14.8 Å². The number of alkyl carbamates (subject to hydrolysis) is 1. The molecular weight excluding hydrogens is 340 g/mol. The molecule has 0 unspecified atom stereocenters. The number of carbonyl (C=O) groups excluding carboxylic acids is 3. The van der Waals surface area contributed by atoms with Gasteiger partial charge in [-0.25, -0.2) is 14.7 Å². The Bertz CT molecular complexity index is 655. The van der Waals surface area contributed by atoms with Gasteiger partial charge in [0.25, 0.3) is 5.91 Å². The number of hydroxylamine groups is 2. The molecule has 8 heteroatoms. The molecule has 0 aliphatic carbocycles. The maximum atomic E-state index is 12.0. The van der Waals surface area contributed by atoms with Crippen LogP contribution in [0.4, 0.5) is 4.79 Å². The van der Waals surface area contributed by atoms with Gasteiger partial charge >= 0.3 is 12.1 Å². The zero-order valence-corrected chi connectivity index (χ0v) is 15.4. The van der Waals surface area contributed by atoms with Gasteiger partial charge in [-0.15, -0.1) is 0 Å². The van der Waals surface area contributed by atoms with E-state index >= 15 is 0 Å². The molecule has 142 valence electrons. The van der Waals surface area contributed by atoms with Crippen LogP contribution in [0.2, 0.25) is 0 Å². The smallest absolute Gasteiger partial charge is 0.408 e. The number of amides is 2. The third kappa shape index (κ3) is 5.45. The lowest BCUT2D eigenvalue weighted by atomic mass is 10.0. The Balaban J connectivity index is 1.71. The van der Waals surface area contributed by atoms with Crippen LogP contribution in [0.15, 0.2) is 30.3 Å². The number of nitrogens with one attached hydrogen (secondary N) is 1. The van der Waals surface area contributed by atoms with Gasteiger partial charge in [0.1, 0.15) is 18.2 Å². The van der Waals surface area contributed by atoms with Crippen molar-refractivity contribution in [3.63, 3.8) is 0 Å². The molecule has 1 aromatic carbocycles. The van der Waals surface area contributed by atoms with Crippen molar-refractivity contribution in [2.24, 2.45) is 0 Å². The summed E-state index contributed by atoms with van der Waals surface area (Å²) in [5.74, 6) is -1.03. The molecule has 1 aromatic rings. The van der Waals surface area contributed by atoms with Gasteiger partial charge in [0.2, 0.25) is 0 Å². The molecule has 26 heavy (non-hydrogen) atoms. The van der Waals surface area contributed by atoms with Crippen LogP contribution in [0.5, 0.6) is 0 Å². The second-order valence-corrected chi connectivity index (χ2v) is 6.95. The molecule has 1 heterocycles. The maximum Gasteiger partial charge on any atom is 0.408 e. The Morgan fingerprint density at radius 3 is 2.42 bits per heavy atom. The highest BCUT2D eigenvalue weighted by Gasteiger charge is 2.47. The van der Waals surface area contributed by atoms with Crippen molar-refractivity contribution in [2.75, 3.05) is 6.61 Å². The zero-order chi connectivity index (χ0) is 19.3. The van der Waals surface area contributed by atoms with Gasteiger partial charge in [-0.1, -0.05) is 30.3 Å². The van der Waals surface area contributed by atoms with Crippen molar-refractivity contribution >= 4 is 18.0 Å². The van der Waals surface area contributed by atoms with Crippen LogP contribution in [-0.2, 0) is 30.5 Å². The number of nitrogens with zero attached hydrogens (tertiary/aromatic N) is 1. The van der Waals surface area contributed by atoms with Crippen LogP contribution in [0.3, 0.4) is 0 Å². The van der Waals surface area contributed by atoms with Crippen molar-refractivity contribution in [1.29, 1.82) is 0 Å². The highest BCUT2D eigenvalue weighted by Crippen LogP contribution is 2.20. The van der Waals surface area contributed by atoms with Crippen LogP contribution >= 0.6 is 0 Å². The van der Waals surface area contributed by atoms with E-state index in [0.29, 0.717) is 0 Å². The Labute approximate surface area is 152 Å². The second kappa shape index (κ2) is 8.18. The van der Waals surface area contributed by atoms with Crippen molar-refractivity contribution in [3.8, 4) is 0 Å². The van der Waals surface area contributed by atoms with E-state index in [9.17, 15) is 14.4 Å². The van der Waals surface area contributed by atoms with E-state index < -0.39 is 35.7 Å². The molecule has 1 N–H and O–H groups in total. The fourth-order valence-corrected chi connectivity index (χ4v) is 2.30. The Morgan fingerprint density at radius 2 is 1.85 bits per heavy atom. The lowest BCUT2D eigenvalue weighted by Crippen LogP contribution is -2.69. The molecule has 2 amide bonds. The molecule has 0 bridgehead atoms. The van der Waals surface area contributed by atoms with Crippen LogP contribution in [0.1, 0.15) is 33.3 Å². The van der Waals surface area contributed by atoms with Crippen LogP contribution in [0, 0.1) is 0 Å². The number of benzene rings is 1. The third-order valence-corrected chi connectivity index (χ3v) is 3.57. The van der Waals surface area contributed by atoms with Crippen molar-refractivity contribution in [3.05, 3.63) is 35.9 Å². The van der Waals surface area contributed by atoms with Gasteiger partial charge in [0.05, 0.1) is 6.04 Å². The monoisotopic (exact) mass is 364 g/mol. The van der Waals surface area contributed by atoms with E-state index in [4.69, 9.17) is 14.3 Å². The molecule has 8 nitrogen and oxygen atoms in total. The predicted molar refractivity (Wildman–Crippen MR) is 91.7 cm³/mol. The third-order valence-electron chi connectivity index (χ3n) is 3.57. The summed E-state index contributed by atoms with van der Waals surface area (Å²) >= 11 is 0. The van der Waals surface area contributed by atoms with E-state index in [2.05, 4.69) is 5.32 Å². The molecule has 0 aromatic heterocycles. The molecule has 1 saturated heterocycles. The highest BCUT2D eigenvalue weighted by molar-refractivity contribution is 5.91. The van der Waals surface area contributed by atoms with Crippen molar-refractivity contribution in [2.45, 2.75) is 52.0 Å². The van der Waals surface area contributed by atoms with Crippen LogP contribution in [-0.4, -0.2) is 47.3 Å². The molecule has 1 aliphatic heterocycles. The highest BCUT2D eigenvalue weighted by atomic mass is 16.7. The lowest BCUT2D eigenvalue weighted by molar-refractivity contribution is -0.234. The number of hydrogen-bond acceptors (Lipinski definition) is 6. The normalized spacial score (nSPS) is 19.5. The fraction of sp³-hybridized carbons (Fsp3) is 0.500. The molecule has 0 saturated carbocycles. The number of carbonyl (C=O) groups is 3. The summed E-state index contributed by atoms with van der Waals surface area (Å²) in [4.78, 5) is 40.7. The van der Waals surface area contributed by atoms with Gasteiger partial charge in [-0.05, 0) is 33.3 Å². The average molecular weight is 364 g/mol. The average Bonchev–Trinajstić information content (AvgIpc) is 2.57. The number of esters is 1. The first-order valence-electron chi connectivity index (χ1n) is 8.32. The van der Waals surface area contributed by atoms with Gasteiger partial charge in [-0.3, -0.25) is 9.63 Å². The quantitative estimate of drug-likeness (QED) is 0.611. The van der Waals surface area contributed by atoms with Crippen LogP contribution < -0.4 is 5.32 Å². The second-order valence-electron chi connectivity index (χ2n) is 6.95. The topological polar surface area (TPSA) is 94.2 Å². The van der Waals surface area contributed by atoms with Crippen molar-refractivity contribution in [1.82, 2.24) is 10.4 Å². The van der Waals surface area contributed by atoms with E-state index in [0.717, 1.165) is 10.6 Å². The van der Waals surface area contributed by atoms with Gasteiger partial charge in [-0.2, -0.15) is 0 Å². The first-order chi connectivity index (χ1) is 12.2. The van der Waals surface area contributed by atoms with Gasteiger partial charge in [0, 0.05) is 0 Å². The Kier molecular flexibility index (Phi) is 6.20. The van der Waals surface area contributed by atoms with E-state index in [1.165, 1.54) is 0 Å². The number of ether oxygens (including phenoxy) is 2. The largest absolute Gasteiger partial charge is 0.459 e.